The normalized spacial score (nSPS) is 11.9. The molecule has 0 spiro atoms. The first-order valence-electron chi connectivity index (χ1n) is 7.59. The first-order chi connectivity index (χ1) is 12.5. The predicted molar refractivity (Wildman–Crippen MR) is 98.2 cm³/mol. The lowest BCUT2D eigenvalue weighted by molar-refractivity contribution is -0.385. The Labute approximate surface area is 154 Å². The van der Waals surface area contributed by atoms with Crippen LogP contribution < -0.4 is 4.83 Å². The molecule has 0 aromatic heterocycles. The van der Waals surface area contributed by atoms with Crippen LogP contribution in [0.3, 0.4) is 0 Å². The van der Waals surface area contributed by atoms with E-state index in [1.54, 1.807) is 13.0 Å². The molecule has 1 N–H and O–H groups in total. The van der Waals surface area contributed by atoms with Gasteiger partial charge in [-0.05, 0) is 26.8 Å². The summed E-state index contributed by atoms with van der Waals surface area (Å²) in [6.07, 6.45) is 0. The number of sulfonamides is 1. The highest BCUT2D eigenvalue weighted by Crippen LogP contribution is 2.22. The van der Waals surface area contributed by atoms with Crippen LogP contribution in [0.5, 0.6) is 0 Å². The van der Waals surface area contributed by atoms with Gasteiger partial charge < -0.3 is 0 Å². The van der Waals surface area contributed by atoms with Gasteiger partial charge in [-0.3, -0.25) is 20.2 Å². The molecule has 142 valence electrons. The van der Waals surface area contributed by atoms with Gasteiger partial charge in [0.2, 0.25) is 0 Å². The number of benzene rings is 2. The topological polar surface area (TPSA) is 145 Å². The molecule has 0 saturated heterocycles. The Balaban J connectivity index is 2.33. The number of hydrazone groups is 1. The zero-order valence-electron chi connectivity index (χ0n) is 14.7. The molecule has 0 heterocycles. The molecule has 0 saturated carbocycles. The summed E-state index contributed by atoms with van der Waals surface area (Å²) in [5.41, 5.74) is 0.912. The Morgan fingerprint density at radius 1 is 0.963 bits per heavy atom. The number of rotatable bonds is 6. The molecule has 0 bridgehead atoms. The second kappa shape index (κ2) is 7.50. The molecular formula is C16H16N4O6S. The second-order valence-corrected chi connectivity index (χ2v) is 7.42. The highest BCUT2D eigenvalue weighted by Gasteiger charge is 2.20. The Hall–Kier alpha value is -3.34. The summed E-state index contributed by atoms with van der Waals surface area (Å²) < 4.78 is 24.7. The van der Waals surface area contributed by atoms with E-state index in [0.29, 0.717) is 16.7 Å². The van der Waals surface area contributed by atoms with Crippen molar-refractivity contribution in [2.24, 2.45) is 5.10 Å². The quantitative estimate of drug-likeness (QED) is 0.454. The fraction of sp³-hybridized carbons (Fsp3) is 0.188. The van der Waals surface area contributed by atoms with Crippen molar-refractivity contribution in [3.05, 3.63) is 73.3 Å². The van der Waals surface area contributed by atoms with Gasteiger partial charge in [0, 0.05) is 28.8 Å². The zero-order chi connectivity index (χ0) is 20.4. The number of aryl methyl sites for hydroxylation is 2. The van der Waals surface area contributed by atoms with Crippen LogP contribution in [0.4, 0.5) is 11.4 Å². The van der Waals surface area contributed by atoms with Gasteiger partial charge in [0.25, 0.3) is 21.4 Å². The molecule has 10 nitrogen and oxygen atoms in total. The predicted octanol–water partition coefficient (Wildman–Crippen LogP) is 2.82. The van der Waals surface area contributed by atoms with E-state index in [0.717, 1.165) is 6.07 Å². The van der Waals surface area contributed by atoms with E-state index in [1.165, 1.54) is 38.1 Å². The van der Waals surface area contributed by atoms with Gasteiger partial charge in [0.15, 0.2) is 0 Å². The van der Waals surface area contributed by atoms with E-state index >= 15 is 0 Å². The Morgan fingerprint density at radius 2 is 1.48 bits per heavy atom. The Bertz CT molecular complexity index is 1060. The average molecular weight is 392 g/mol. The maximum Gasteiger partial charge on any atom is 0.276 e. The largest absolute Gasteiger partial charge is 0.276 e. The molecule has 2 aromatic carbocycles. The van der Waals surface area contributed by atoms with Crippen molar-refractivity contribution in [2.45, 2.75) is 25.7 Å². The average Bonchev–Trinajstić information content (AvgIpc) is 2.59. The summed E-state index contributed by atoms with van der Waals surface area (Å²) >= 11 is 0. The number of nitrogens with one attached hydrogen (secondary N) is 1. The number of nitro groups is 2. The van der Waals surface area contributed by atoms with E-state index in [1.807, 2.05) is 4.83 Å². The summed E-state index contributed by atoms with van der Waals surface area (Å²) in [5, 5.41) is 25.7. The third kappa shape index (κ3) is 4.44. The first kappa shape index (κ1) is 20.0. The molecule has 11 heteroatoms. The molecule has 0 unspecified atom stereocenters. The minimum atomic E-state index is -4.15. The molecule has 0 amide bonds. The fourth-order valence-corrected chi connectivity index (χ4v) is 3.11. The number of hydrogen-bond acceptors (Lipinski definition) is 7. The highest BCUT2D eigenvalue weighted by molar-refractivity contribution is 7.89. The Kier molecular flexibility index (Phi) is 5.55. The maximum atomic E-state index is 12.3. The van der Waals surface area contributed by atoms with E-state index in [-0.39, 0.29) is 22.0 Å². The van der Waals surface area contributed by atoms with Crippen LogP contribution in [0, 0.1) is 34.1 Å². The lowest BCUT2D eigenvalue weighted by atomic mass is 10.1. The summed E-state index contributed by atoms with van der Waals surface area (Å²) in [6.45, 7) is 4.56. The summed E-state index contributed by atoms with van der Waals surface area (Å²) in [6, 6.07) is 7.90. The van der Waals surface area contributed by atoms with Crippen molar-refractivity contribution in [3.8, 4) is 0 Å². The molecule has 0 fully saturated rings. The second-order valence-electron chi connectivity index (χ2n) is 5.76. The smallest absolute Gasteiger partial charge is 0.258 e. The lowest BCUT2D eigenvalue weighted by Crippen LogP contribution is -2.20. The van der Waals surface area contributed by atoms with Crippen LogP contribution in [-0.2, 0) is 10.0 Å². The standard InChI is InChI=1S/C16H16N4O6S/c1-10-4-6-13(8-15(10)19(21)22)12(3)17-18-27(25,26)14-7-5-11(2)16(9-14)20(23)24/h4-9,18H,1-3H3/b17-12+. The number of nitrogens with zero attached hydrogens (tertiary/aromatic N) is 3. The van der Waals surface area contributed by atoms with E-state index in [4.69, 9.17) is 0 Å². The van der Waals surface area contributed by atoms with Gasteiger partial charge in [-0.15, -0.1) is 0 Å². The first-order valence-corrected chi connectivity index (χ1v) is 9.08. The van der Waals surface area contributed by atoms with Crippen molar-refractivity contribution < 1.29 is 18.3 Å². The number of nitro benzene ring substituents is 2. The maximum absolute atomic E-state index is 12.3. The molecule has 0 aliphatic carbocycles. The van der Waals surface area contributed by atoms with E-state index in [2.05, 4.69) is 5.10 Å². The van der Waals surface area contributed by atoms with Crippen molar-refractivity contribution in [1.29, 1.82) is 0 Å². The van der Waals surface area contributed by atoms with Crippen LogP contribution in [0.15, 0.2) is 46.4 Å². The van der Waals surface area contributed by atoms with Gasteiger partial charge in [-0.1, -0.05) is 18.2 Å². The van der Waals surface area contributed by atoms with E-state index in [9.17, 15) is 28.6 Å². The van der Waals surface area contributed by atoms with Gasteiger partial charge >= 0.3 is 0 Å². The zero-order valence-corrected chi connectivity index (χ0v) is 15.5. The molecule has 27 heavy (non-hydrogen) atoms. The fourth-order valence-electron chi connectivity index (χ4n) is 2.23. The van der Waals surface area contributed by atoms with Crippen LogP contribution >= 0.6 is 0 Å². The van der Waals surface area contributed by atoms with Crippen molar-refractivity contribution in [1.82, 2.24) is 4.83 Å². The van der Waals surface area contributed by atoms with Crippen LogP contribution in [0.25, 0.3) is 0 Å². The third-order valence-corrected chi connectivity index (χ3v) is 5.05. The van der Waals surface area contributed by atoms with Crippen LogP contribution in [0.2, 0.25) is 0 Å². The third-order valence-electron chi connectivity index (χ3n) is 3.84. The van der Waals surface area contributed by atoms with Gasteiger partial charge in [-0.25, -0.2) is 0 Å². The SMILES string of the molecule is C/C(=N\NS(=O)(=O)c1ccc(C)c([N+](=O)[O-])c1)c1ccc(C)c([N+](=O)[O-])c1. The van der Waals surface area contributed by atoms with Gasteiger partial charge in [0.05, 0.1) is 20.5 Å². The van der Waals surface area contributed by atoms with Gasteiger partial charge in [-0.2, -0.15) is 18.4 Å². The van der Waals surface area contributed by atoms with E-state index < -0.39 is 19.9 Å². The highest BCUT2D eigenvalue weighted by atomic mass is 32.2. The van der Waals surface area contributed by atoms with Crippen molar-refractivity contribution in [2.75, 3.05) is 0 Å². The van der Waals surface area contributed by atoms with Crippen LogP contribution in [0.1, 0.15) is 23.6 Å². The minimum absolute atomic E-state index is 0.112. The molecular weight excluding hydrogens is 376 g/mol. The Morgan fingerprint density at radius 3 is 2.04 bits per heavy atom. The van der Waals surface area contributed by atoms with Crippen LogP contribution in [-0.4, -0.2) is 24.0 Å². The monoisotopic (exact) mass is 392 g/mol. The van der Waals surface area contributed by atoms with Gasteiger partial charge in [0.1, 0.15) is 0 Å². The number of hydrogen-bond donors (Lipinski definition) is 1. The summed E-state index contributed by atoms with van der Waals surface area (Å²) in [7, 11) is -4.15. The molecule has 0 aliphatic rings. The summed E-state index contributed by atoms with van der Waals surface area (Å²) in [5.74, 6) is 0. The lowest BCUT2D eigenvalue weighted by Gasteiger charge is -2.07. The summed E-state index contributed by atoms with van der Waals surface area (Å²) in [4.78, 5) is 22.5. The minimum Gasteiger partial charge on any atom is -0.258 e. The van der Waals surface area contributed by atoms with Crippen molar-refractivity contribution >= 4 is 27.1 Å². The molecule has 0 radical (unpaired) electrons. The molecule has 0 atom stereocenters. The van der Waals surface area contributed by atoms with Crippen molar-refractivity contribution in [3.63, 3.8) is 0 Å². The molecule has 2 aromatic rings. The molecule has 0 aliphatic heterocycles. The molecule has 2 rings (SSSR count).